The topological polar surface area (TPSA) is 41.1 Å². The monoisotopic (exact) mass is 256 g/mol. The molecule has 0 heterocycles. The predicted octanol–water partition coefficient (Wildman–Crippen LogP) is 1.97. The first-order chi connectivity index (χ1) is 8.47. The van der Waals surface area contributed by atoms with E-state index in [2.05, 4.69) is 10.6 Å². The summed E-state index contributed by atoms with van der Waals surface area (Å²) in [5.74, 6) is -1.23. The van der Waals surface area contributed by atoms with Gasteiger partial charge in [0.2, 0.25) is 5.91 Å². The summed E-state index contributed by atoms with van der Waals surface area (Å²) in [7, 11) is 0. The molecule has 0 bridgehead atoms. The molecule has 1 aromatic carbocycles. The maximum absolute atomic E-state index is 12.9. The zero-order valence-corrected chi connectivity index (χ0v) is 10.6. The molecule has 18 heavy (non-hydrogen) atoms. The van der Waals surface area contributed by atoms with E-state index < -0.39 is 11.6 Å². The lowest BCUT2D eigenvalue weighted by atomic mass is 10.2. The molecule has 3 nitrogen and oxygen atoms in total. The van der Waals surface area contributed by atoms with Gasteiger partial charge in [0.15, 0.2) is 0 Å². The van der Waals surface area contributed by atoms with Crippen molar-refractivity contribution in [2.24, 2.45) is 0 Å². The van der Waals surface area contributed by atoms with Crippen molar-refractivity contribution in [2.75, 3.05) is 6.54 Å². The van der Waals surface area contributed by atoms with Gasteiger partial charge in [-0.05, 0) is 31.5 Å². The van der Waals surface area contributed by atoms with Gasteiger partial charge in [0, 0.05) is 31.6 Å². The fourth-order valence-electron chi connectivity index (χ4n) is 1.54. The summed E-state index contributed by atoms with van der Waals surface area (Å²) < 4.78 is 25.8. The number of hydrogen-bond acceptors (Lipinski definition) is 2. The minimum Gasteiger partial charge on any atom is -0.354 e. The Balaban J connectivity index is 2.27. The number of amides is 1. The van der Waals surface area contributed by atoms with E-state index in [-0.39, 0.29) is 11.9 Å². The van der Waals surface area contributed by atoms with Gasteiger partial charge < -0.3 is 10.6 Å². The summed E-state index contributed by atoms with van der Waals surface area (Å²) >= 11 is 0. The van der Waals surface area contributed by atoms with Crippen molar-refractivity contribution in [2.45, 2.75) is 32.9 Å². The third-order valence-electron chi connectivity index (χ3n) is 2.23. The molecule has 0 unspecified atom stereocenters. The van der Waals surface area contributed by atoms with Gasteiger partial charge in [-0.25, -0.2) is 8.78 Å². The molecule has 0 atom stereocenters. The van der Waals surface area contributed by atoms with Crippen LogP contribution in [0.4, 0.5) is 8.78 Å². The van der Waals surface area contributed by atoms with Crippen LogP contribution in [-0.2, 0) is 11.3 Å². The van der Waals surface area contributed by atoms with Gasteiger partial charge in [-0.15, -0.1) is 0 Å². The highest BCUT2D eigenvalue weighted by Crippen LogP contribution is 2.07. The molecule has 1 rings (SSSR count). The zero-order valence-electron chi connectivity index (χ0n) is 10.6. The average molecular weight is 256 g/mol. The molecule has 0 spiro atoms. The van der Waals surface area contributed by atoms with Crippen molar-refractivity contribution in [3.05, 3.63) is 35.4 Å². The molecular weight excluding hydrogens is 238 g/mol. The van der Waals surface area contributed by atoms with Crippen molar-refractivity contribution in [3.63, 3.8) is 0 Å². The van der Waals surface area contributed by atoms with E-state index in [4.69, 9.17) is 0 Å². The van der Waals surface area contributed by atoms with Crippen LogP contribution in [0.15, 0.2) is 18.2 Å². The molecule has 100 valence electrons. The van der Waals surface area contributed by atoms with Gasteiger partial charge in [0.25, 0.3) is 0 Å². The number of hydrogen-bond donors (Lipinski definition) is 2. The minimum atomic E-state index is -0.593. The lowest BCUT2D eigenvalue weighted by Gasteiger charge is -2.09. The summed E-state index contributed by atoms with van der Waals surface area (Å²) in [6.45, 7) is 4.59. The maximum atomic E-state index is 12.9. The number of halogens is 2. The van der Waals surface area contributed by atoms with Crippen LogP contribution in [-0.4, -0.2) is 18.5 Å². The molecule has 0 saturated heterocycles. The smallest absolute Gasteiger partial charge is 0.221 e. The van der Waals surface area contributed by atoms with Crippen molar-refractivity contribution >= 4 is 5.91 Å². The van der Waals surface area contributed by atoms with Crippen LogP contribution in [0.3, 0.4) is 0 Å². The van der Waals surface area contributed by atoms with Crippen LogP contribution in [0.25, 0.3) is 0 Å². The van der Waals surface area contributed by atoms with Crippen molar-refractivity contribution < 1.29 is 13.6 Å². The lowest BCUT2D eigenvalue weighted by Crippen LogP contribution is -2.32. The summed E-state index contributed by atoms with van der Waals surface area (Å²) in [5, 5.41) is 5.73. The fraction of sp³-hybridized carbons (Fsp3) is 0.462. The Labute approximate surface area is 106 Å². The number of carbonyl (C=O) groups excluding carboxylic acids is 1. The Kier molecular flexibility index (Phi) is 5.71. The van der Waals surface area contributed by atoms with E-state index in [0.29, 0.717) is 25.1 Å². The third kappa shape index (κ3) is 5.72. The third-order valence-corrected chi connectivity index (χ3v) is 2.23. The fourth-order valence-corrected chi connectivity index (χ4v) is 1.54. The van der Waals surface area contributed by atoms with Crippen molar-refractivity contribution in [1.29, 1.82) is 0 Å². The SMILES string of the molecule is CC(C)NC(=O)CCNCc1cc(F)cc(F)c1. The highest BCUT2D eigenvalue weighted by atomic mass is 19.1. The van der Waals surface area contributed by atoms with Crippen LogP contribution in [0.1, 0.15) is 25.8 Å². The maximum Gasteiger partial charge on any atom is 0.221 e. The van der Waals surface area contributed by atoms with Crippen molar-refractivity contribution in [1.82, 2.24) is 10.6 Å². The van der Waals surface area contributed by atoms with E-state index >= 15 is 0 Å². The lowest BCUT2D eigenvalue weighted by molar-refractivity contribution is -0.121. The van der Waals surface area contributed by atoms with E-state index in [0.717, 1.165) is 6.07 Å². The summed E-state index contributed by atoms with van der Waals surface area (Å²) in [6, 6.07) is 3.49. The van der Waals surface area contributed by atoms with Crippen molar-refractivity contribution in [3.8, 4) is 0 Å². The zero-order chi connectivity index (χ0) is 13.5. The Bertz CT molecular complexity index is 388. The van der Waals surface area contributed by atoms with Crippen LogP contribution >= 0.6 is 0 Å². The van der Waals surface area contributed by atoms with Gasteiger partial charge in [-0.1, -0.05) is 0 Å². The first kappa shape index (κ1) is 14.6. The highest BCUT2D eigenvalue weighted by molar-refractivity contribution is 5.76. The molecule has 0 aliphatic rings. The number of benzene rings is 1. The van der Waals surface area contributed by atoms with Crippen LogP contribution in [0.5, 0.6) is 0 Å². The Hall–Kier alpha value is -1.49. The normalized spacial score (nSPS) is 10.7. The average Bonchev–Trinajstić information content (AvgIpc) is 2.22. The highest BCUT2D eigenvalue weighted by Gasteiger charge is 2.03. The first-order valence-corrected chi connectivity index (χ1v) is 5.92. The van der Waals surface area contributed by atoms with Gasteiger partial charge in [-0.3, -0.25) is 4.79 Å². The molecule has 0 saturated carbocycles. The quantitative estimate of drug-likeness (QED) is 0.764. The number of nitrogens with one attached hydrogen (secondary N) is 2. The van der Waals surface area contributed by atoms with Gasteiger partial charge >= 0.3 is 0 Å². The number of carbonyl (C=O) groups is 1. The standard InChI is InChI=1S/C13H18F2N2O/c1-9(2)17-13(18)3-4-16-8-10-5-11(14)7-12(15)6-10/h5-7,9,16H,3-4,8H2,1-2H3,(H,17,18). The second-order valence-electron chi connectivity index (χ2n) is 4.43. The molecule has 0 aromatic heterocycles. The molecule has 0 radical (unpaired) electrons. The molecule has 5 heteroatoms. The summed E-state index contributed by atoms with van der Waals surface area (Å²) in [5.41, 5.74) is 0.525. The summed E-state index contributed by atoms with van der Waals surface area (Å²) in [6.07, 6.45) is 0.343. The second-order valence-corrected chi connectivity index (χ2v) is 4.43. The van der Waals surface area contributed by atoms with Gasteiger partial charge in [-0.2, -0.15) is 0 Å². The van der Waals surface area contributed by atoms with Gasteiger partial charge in [0.1, 0.15) is 11.6 Å². The Morgan fingerprint density at radius 2 is 1.83 bits per heavy atom. The molecule has 0 aliphatic carbocycles. The van der Waals surface area contributed by atoms with E-state index in [9.17, 15) is 13.6 Å². The molecule has 0 fully saturated rings. The van der Waals surface area contributed by atoms with Crippen LogP contribution < -0.4 is 10.6 Å². The first-order valence-electron chi connectivity index (χ1n) is 5.92. The van der Waals surface area contributed by atoms with Crippen LogP contribution in [0.2, 0.25) is 0 Å². The Morgan fingerprint density at radius 3 is 2.39 bits per heavy atom. The number of rotatable bonds is 6. The van der Waals surface area contributed by atoms with E-state index in [1.165, 1.54) is 12.1 Å². The van der Waals surface area contributed by atoms with E-state index in [1.807, 2.05) is 13.8 Å². The predicted molar refractivity (Wildman–Crippen MR) is 66.0 cm³/mol. The molecule has 1 aromatic rings. The molecule has 2 N–H and O–H groups in total. The minimum absolute atomic E-state index is 0.0390. The molecule has 1 amide bonds. The molecular formula is C13H18F2N2O. The largest absolute Gasteiger partial charge is 0.354 e. The van der Waals surface area contributed by atoms with Crippen LogP contribution in [0, 0.1) is 11.6 Å². The summed E-state index contributed by atoms with van der Waals surface area (Å²) in [4.78, 5) is 11.3. The van der Waals surface area contributed by atoms with E-state index in [1.54, 1.807) is 0 Å². The molecule has 0 aliphatic heterocycles. The second kappa shape index (κ2) is 7.06. The van der Waals surface area contributed by atoms with Gasteiger partial charge in [0.05, 0.1) is 0 Å². The Morgan fingerprint density at radius 1 is 1.22 bits per heavy atom.